The minimum atomic E-state index is -4.64. The molecule has 0 rings (SSSR count). The molecule has 115 valence electrons. The molecule has 14 nitrogen and oxygen atoms in total. The maximum Gasteiger partial charge on any atom is 0.466 e. The van der Waals surface area contributed by atoms with Gasteiger partial charge in [0.1, 0.15) is 0 Å². The van der Waals surface area contributed by atoms with Gasteiger partial charge in [0.25, 0.3) is 0 Å². The first-order valence-electron chi connectivity index (χ1n) is 2.35. The smallest absolute Gasteiger partial charge is 0.412 e. The van der Waals surface area contributed by atoms with Crippen molar-refractivity contribution in [2.45, 2.75) is 0 Å². The highest BCUT2D eigenvalue weighted by molar-refractivity contribution is 7.45. The first kappa shape index (κ1) is 36.4. The minimum absolute atomic E-state index is 0. The van der Waals surface area contributed by atoms with Gasteiger partial charge in [-0.15, -0.1) is 0 Å². The van der Waals surface area contributed by atoms with Crippen LogP contribution in [-0.2, 0) is 13.7 Å². The van der Waals surface area contributed by atoms with Gasteiger partial charge < -0.3 is 55.0 Å². The van der Waals surface area contributed by atoms with E-state index in [1.807, 2.05) is 0 Å². The zero-order valence-corrected chi connectivity index (χ0v) is 12.0. The molecule has 0 saturated heterocycles. The van der Waals surface area contributed by atoms with E-state index in [1.165, 1.54) is 0 Å². The molecule has 0 spiro atoms. The van der Waals surface area contributed by atoms with Crippen molar-refractivity contribution < 1.29 is 68.7 Å². The standard InChI is InChI=1S/Al.3H3O4P.2H2O/c;3*1-5(2,3)4;;/h;3*(H3,1,2,3,4);2*1H2. The van der Waals surface area contributed by atoms with Crippen LogP contribution in [0.2, 0.25) is 0 Å². The Morgan fingerprint density at radius 3 is 0.444 bits per heavy atom. The van der Waals surface area contributed by atoms with Crippen LogP contribution in [0.15, 0.2) is 0 Å². The monoisotopic (exact) mass is 357 g/mol. The zero-order chi connectivity index (χ0) is 13.5. The summed E-state index contributed by atoms with van der Waals surface area (Å²) in [7, 11) is -13.9. The molecule has 3 radical (unpaired) electrons. The molecule has 18 heteroatoms. The molecule has 0 bridgehead atoms. The molecule has 0 atom stereocenters. The first-order chi connectivity index (χ1) is 6.00. The van der Waals surface area contributed by atoms with Crippen molar-refractivity contribution in [1.29, 1.82) is 0 Å². The van der Waals surface area contributed by atoms with Crippen LogP contribution in [0.1, 0.15) is 0 Å². The van der Waals surface area contributed by atoms with Crippen LogP contribution in [0.5, 0.6) is 0 Å². The van der Waals surface area contributed by atoms with Gasteiger partial charge in [0, 0.05) is 17.4 Å². The summed E-state index contributed by atoms with van der Waals surface area (Å²) in [5, 5.41) is 0. The van der Waals surface area contributed by atoms with Crippen LogP contribution >= 0.6 is 23.5 Å². The number of hydrogen-bond acceptors (Lipinski definition) is 3. The van der Waals surface area contributed by atoms with Crippen LogP contribution < -0.4 is 0 Å². The van der Waals surface area contributed by atoms with Gasteiger partial charge in [0.05, 0.1) is 0 Å². The molecule has 0 aromatic heterocycles. The van der Waals surface area contributed by atoms with E-state index in [0.717, 1.165) is 0 Å². The topological polar surface area (TPSA) is 296 Å². The van der Waals surface area contributed by atoms with Crippen LogP contribution in [0.3, 0.4) is 0 Å². The summed E-state index contributed by atoms with van der Waals surface area (Å²) in [6.45, 7) is 0. The van der Waals surface area contributed by atoms with Gasteiger partial charge in [-0.1, -0.05) is 0 Å². The van der Waals surface area contributed by atoms with E-state index < -0.39 is 23.5 Å². The Bertz CT molecular complexity index is 203. The highest BCUT2D eigenvalue weighted by atomic mass is 31.2. The third-order valence-corrected chi connectivity index (χ3v) is 0. The van der Waals surface area contributed by atoms with Gasteiger partial charge in [-0.3, -0.25) is 0 Å². The van der Waals surface area contributed by atoms with E-state index in [-0.39, 0.29) is 28.3 Å². The van der Waals surface area contributed by atoms with Crippen molar-refractivity contribution in [2.75, 3.05) is 0 Å². The predicted octanol–water partition coefficient (Wildman–Crippen LogP) is -4.82. The Morgan fingerprint density at radius 2 is 0.444 bits per heavy atom. The van der Waals surface area contributed by atoms with Crippen LogP contribution in [0.4, 0.5) is 0 Å². The van der Waals surface area contributed by atoms with E-state index in [0.29, 0.717) is 0 Å². The van der Waals surface area contributed by atoms with E-state index in [1.54, 1.807) is 0 Å². The lowest BCUT2D eigenvalue weighted by molar-refractivity contribution is 0.272. The maximum atomic E-state index is 8.88. The average Bonchev–Trinajstić information content (AvgIpc) is 1.41. The molecule has 0 aliphatic heterocycles. The fourth-order valence-corrected chi connectivity index (χ4v) is 0. The van der Waals surface area contributed by atoms with Crippen molar-refractivity contribution in [1.82, 2.24) is 0 Å². The Kier molecular flexibility index (Phi) is 28.7. The summed E-state index contributed by atoms with van der Waals surface area (Å²) in [6, 6.07) is 0. The van der Waals surface area contributed by atoms with Crippen molar-refractivity contribution in [3.05, 3.63) is 0 Å². The second-order valence-electron chi connectivity index (χ2n) is 1.54. The molecule has 0 aromatic carbocycles. The first-order valence-corrected chi connectivity index (χ1v) is 7.04. The molecule has 0 fully saturated rings. The molecule has 0 aliphatic rings. The Morgan fingerprint density at radius 1 is 0.444 bits per heavy atom. The molecule has 0 amide bonds. The lowest BCUT2D eigenvalue weighted by Crippen LogP contribution is -1.66. The molecule has 18 heavy (non-hydrogen) atoms. The summed E-state index contributed by atoms with van der Waals surface area (Å²) < 4.78 is 26.6. The van der Waals surface area contributed by atoms with Crippen LogP contribution in [0, 0.1) is 0 Å². The zero-order valence-electron chi connectivity index (χ0n) is 8.17. The van der Waals surface area contributed by atoms with Crippen LogP contribution in [0.25, 0.3) is 0 Å². The van der Waals surface area contributed by atoms with E-state index in [2.05, 4.69) is 0 Å². The van der Waals surface area contributed by atoms with Gasteiger partial charge in [-0.25, -0.2) is 13.7 Å². The molecular formula is H13AlO14P3. The van der Waals surface area contributed by atoms with Gasteiger partial charge in [0.15, 0.2) is 0 Å². The lowest BCUT2D eigenvalue weighted by Gasteiger charge is -1.82. The van der Waals surface area contributed by atoms with Crippen molar-refractivity contribution in [3.8, 4) is 0 Å². The Labute approximate surface area is 110 Å². The molecule has 0 unspecified atom stereocenters. The van der Waals surface area contributed by atoms with Gasteiger partial charge >= 0.3 is 23.5 Å². The molecule has 0 saturated carbocycles. The Hall–Kier alpha value is 0.782. The molecular weight excluding hydrogens is 344 g/mol. The largest absolute Gasteiger partial charge is 0.466 e. The Balaban J connectivity index is -0.0000000277. The summed E-state index contributed by atoms with van der Waals surface area (Å²) in [5.41, 5.74) is 0. The SMILES string of the molecule is O.O.O=P(O)(O)O.O=P(O)(O)O.O=P(O)(O)O.[Al]. The quantitative estimate of drug-likeness (QED) is 0.146. The second-order valence-corrected chi connectivity index (χ2v) is 4.62. The van der Waals surface area contributed by atoms with Crippen molar-refractivity contribution in [2.24, 2.45) is 0 Å². The molecule has 0 aliphatic carbocycles. The third kappa shape index (κ3) is 6830. The van der Waals surface area contributed by atoms with E-state index in [9.17, 15) is 0 Å². The third-order valence-electron chi connectivity index (χ3n) is 0. The summed E-state index contributed by atoms with van der Waals surface area (Å²) in [4.78, 5) is 64.7. The van der Waals surface area contributed by atoms with Crippen molar-refractivity contribution >= 4 is 40.8 Å². The van der Waals surface area contributed by atoms with Gasteiger partial charge in [0.2, 0.25) is 0 Å². The summed E-state index contributed by atoms with van der Waals surface area (Å²) in [6.07, 6.45) is 0. The molecule has 0 heterocycles. The number of rotatable bonds is 0. The minimum Gasteiger partial charge on any atom is -0.412 e. The molecule has 13 N–H and O–H groups in total. The average molecular weight is 357 g/mol. The predicted molar refractivity (Wildman–Crippen MR) is 55.8 cm³/mol. The summed E-state index contributed by atoms with van der Waals surface area (Å²) in [5.74, 6) is 0. The van der Waals surface area contributed by atoms with Gasteiger partial charge in [-0.2, -0.15) is 0 Å². The van der Waals surface area contributed by atoms with E-state index in [4.69, 9.17) is 57.7 Å². The van der Waals surface area contributed by atoms with Crippen LogP contribution in [-0.4, -0.2) is 72.4 Å². The number of phosphoric acid groups is 3. The van der Waals surface area contributed by atoms with Gasteiger partial charge in [-0.05, 0) is 0 Å². The normalized spacial score (nSPS) is 9.83. The second kappa shape index (κ2) is 14.2. The van der Waals surface area contributed by atoms with Crippen molar-refractivity contribution in [3.63, 3.8) is 0 Å². The number of hydrogen-bond donors (Lipinski definition) is 9. The molecule has 0 aromatic rings. The lowest BCUT2D eigenvalue weighted by atomic mass is 15.8. The summed E-state index contributed by atoms with van der Waals surface area (Å²) >= 11 is 0. The fraction of sp³-hybridized carbons (Fsp3) is 0. The van der Waals surface area contributed by atoms with E-state index >= 15 is 0 Å². The maximum absolute atomic E-state index is 8.88. The highest BCUT2D eigenvalue weighted by Crippen LogP contribution is 2.26. The highest BCUT2D eigenvalue weighted by Gasteiger charge is 2.01. The fourth-order valence-electron chi connectivity index (χ4n) is 0.